The lowest BCUT2D eigenvalue weighted by molar-refractivity contribution is -0.140. The SMILES string of the molecule is CCOc1ccc(NC(=O)N2CCN(S(=O)(=O)c3ccc(OC)cc3)C(C(=O)N3CCOCC3)C2)cc1. The van der Waals surface area contributed by atoms with Crippen molar-refractivity contribution in [3.8, 4) is 11.5 Å². The third kappa shape index (κ3) is 6.14. The van der Waals surface area contributed by atoms with Gasteiger partial charge in [-0.05, 0) is 55.5 Å². The van der Waals surface area contributed by atoms with Crippen LogP contribution in [0.3, 0.4) is 0 Å². The maximum Gasteiger partial charge on any atom is 0.321 e. The first-order valence-electron chi connectivity index (χ1n) is 12.1. The first kappa shape index (κ1) is 26.7. The summed E-state index contributed by atoms with van der Waals surface area (Å²) >= 11 is 0. The van der Waals surface area contributed by atoms with Crippen LogP contribution < -0.4 is 14.8 Å². The van der Waals surface area contributed by atoms with Crippen LogP contribution in [-0.2, 0) is 19.6 Å². The normalized spacial score (nSPS) is 18.8. The summed E-state index contributed by atoms with van der Waals surface area (Å²) in [7, 11) is -2.51. The van der Waals surface area contributed by atoms with E-state index in [4.69, 9.17) is 14.2 Å². The van der Waals surface area contributed by atoms with Crippen LogP contribution in [0.4, 0.5) is 10.5 Å². The fraction of sp³-hybridized carbons (Fsp3) is 0.440. The number of hydrogen-bond acceptors (Lipinski definition) is 7. The van der Waals surface area contributed by atoms with E-state index in [1.165, 1.54) is 28.4 Å². The van der Waals surface area contributed by atoms with Crippen molar-refractivity contribution in [2.75, 3.05) is 65.0 Å². The summed E-state index contributed by atoms with van der Waals surface area (Å²) in [6.07, 6.45) is 0. The number of sulfonamides is 1. The Morgan fingerprint density at radius 3 is 2.22 bits per heavy atom. The van der Waals surface area contributed by atoms with E-state index in [-0.39, 0.29) is 30.4 Å². The number of benzene rings is 2. The van der Waals surface area contributed by atoms with E-state index in [0.29, 0.717) is 50.1 Å². The number of hydrogen-bond donors (Lipinski definition) is 1. The smallest absolute Gasteiger partial charge is 0.321 e. The number of amides is 3. The van der Waals surface area contributed by atoms with Crippen molar-refractivity contribution in [3.05, 3.63) is 48.5 Å². The van der Waals surface area contributed by atoms with Gasteiger partial charge in [-0.25, -0.2) is 13.2 Å². The van der Waals surface area contributed by atoms with E-state index >= 15 is 0 Å². The second kappa shape index (κ2) is 11.8. The van der Waals surface area contributed by atoms with Gasteiger partial charge in [-0.15, -0.1) is 0 Å². The molecule has 1 atom stereocenters. The first-order valence-corrected chi connectivity index (χ1v) is 13.6. The van der Waals surface area contributed by atoms with Crippen molar-refractivity contribution >= 4 is 27.6 Å². The van der Waals surface area contributed by atoms with Crippen LogP contribution >= 0.6 is 0 Å². The molecule has 2 saturated heterocycles. The number of nitrogens with one attached hydrogen (secondary N) is 1. The maximum atomic E-state index is 13.6. The fourth-order valence-electron chi connectivity index (χ4n) is 4.32. The minimum atomic E-state index is -4.01. The van der Waals surface area contributed by atoms with Crippen LogP contribution in [0, 0.1) is 0 Å². The molecule has 2 aliphatic heterocycles. The average molecular weight is 533 g/mol. The fourth-order valence-corrected chi connectivity index (χ4v) is 5.89. The van der Waals surface area contributed by atoms with Gasteiger partial charge in [0, 0.05) is 38.4 Å². The van der Waals surface area contributed by atoms with E-state index < -0.39 is 22.1 Å². The zero-order valence-corrected chi connectivity index (χ0v) is 21.8. The first-order chi connectivity index (χ1) is 17.8. The molecule has 0 bridgehead atoms. The van der Waals surface area contributed by atoms with Crippen LogP contribution in [0.1, 0.15) is 6.92 Å². The second-order valence-electron chi connectivity index (χ2n) is 8.58. The third-order valence-corrected chi connectivity index (χ3v) is 8.23. The summed E-state index contributed by atoms with van der Waals surface area (Å²) < 4.78 is 44.3. The molecule has 0 spiro atoms. The van der Waals surface area contributed by atoms with Crippen molar-refractivity contribution in [2.45, 2.75) is 17.9 Å². The Balaban J connectivity index is 1.54. The Labute approximate surface area is 216 Å². The molecular weight excluding hydrogens is 500 g/mol. The highest BCUT2D eigenvalue weighted by molar-refractivity contribution is 7.89. The number of anilines is 1. The van der Waals surface area contributed by atoms with Crippen molar-refractivity contribution in [1.29, 1.82) is 0 Å². The van der Waals surface area contributed by atoms with Gasteiger partial charge in [0.25, 0.3) is 0 Å². The molecule has 0 aliphatic carbocycles. The zero-order chi connectivity index (χ0) is 26.4. The van der Waals surface area contributed by atoms with Crippen LogP contribution in [0.5, 0.6) is 11.5 Å². The highest BCUT2D eigenvalue weighted by Gasteiger charge is 2.43. The maximum absolute atomic E-state index is 13.6. The third-order valence-electron chi connectivity index (χ3n) is 6.31. The molecule has 1 unspecified atom stereocenters. The van der Waals surface area contributed by atoms with Crippen molar-refractivity contribution in [1.82, 2.24) is 14.1 Å². The van der Waals surface area contributed by atoms with Gasteiger partial charge in [-0.1, -0.05) is 0 Å². The van der Waals surface area contributed by atoms with Gasteiger partial charge in [-0.3, -0.25) is 4.79 Å². The number of rotatable bonds is 7. The lowest BCUT2D eigenvalue weighted by Gasteiger charge is -2.41. The highest BCUT2D eigenvalue weighted by Crippen LogP contribution is 2.25. The van der Waals surface area contributed by atoms with Gasteiger partial charge < -0.3 is 29.3 Å². The molecule has 2 fully saturated rings. The average Bonchev–Trinajstić information content (AvgIpc) is 2.94. The quantitative estimate of drug-likeness (QED) is 0.578. The molecule has 2 aromatic carbocycles. The molecule has 2 heterocycles. The number of carbonyl (C=O) groups excluding carboxylic acids is 2. The molecule has 3 amide bonds. The molecule has 0 saturated carbocycles. The molecule has 12 heteroatoms. The van der Waals surface area contributed by atoms with E-state index in [2.05, 4.69) is 5.32 Å². The number of piperazine rings is 1. The number of urea groups is 1. The van der Waals surface area contributed by atoms with Gasteiger partial charge in [0.2, 0.25) is 15.9 Å². The minimum absolute atomic E-state index is 0.0220. The lowest BCUT2D eigenvalue weighted by atomic mass is 10.1. The van der Waals surface area contributed by atoms with Gasteiger partial charge >= 0.3 is 6.03 Å². The lowest BCUT2D eigenvalue weighted by Crippen LogP contribution is -2.63. The van der Waals surface area contributed by atoms with Gasteiger partial charge in [-0.2, -0.15) is 4.31 Å². The van der Waals surface area contributed by atoms with Crippen LogP contribution in [0.15, 0.2) is 53.4 Å². The van der Waals surface area contributed by atoms with Crippen molar-refractivity contribution < 1.29 is 32.2 Å². The molecule has 0 radical (unpaired) electrons. The van der Waals surface area contributed by atoms with E-state index in [9.17, 15) is 18.0 Å². The summed E-state index contributed by atoms with van der Waals surface area (Å²) in [6.45, 7) is 3.95. The standard InChI is InChI=1S/C25H32N4O7S/c1-3-36-21-6-4-19(5-7-21)26-25(31)28-12-13-29(23(18-28)24(30)27-14-16-35-17-15-27)37(32,33)22-10-8-20(34-2)9-11-22/h4-11,23H,3,12-18H2,1-2H3,(H,26,31). The number of carbonyl (C=O) groups is 2. The molecule has 2 aliphatic rings. The molecule has 11 nitrogen and oxygen atoms in total. The number of morpholine rings is 1. The van der Waals surface area contributed by atoms with E-state index in [0.717, 1.165) is 0 Å². The van der Waals surface area contributed by atoms with Crippen molar-refractivity contribution in [3.63, 3.8) is 0 Å². The second-order valence-corrected chi connectivity index (χ2v) is 10.5. The molecule has 2 aromatic rings. The Morgan fingerprint density at radius 2 is 1.59 bits per heavy atom. The van der Waals surface area contributed by atoms with E-state index in [1.807, 2.05) is 6.92 Å². The minimum Gasteiger partial charge on any atom is -0.497 e. The Kier molecular flexibility index (Phi) is 8.52. The predicted molar refractivity (Wildman–Crippen MR) is 136 cm³/mol. The Bertz CT molecular complexity index is 1180. The zero-order valence-electron chi connectivity index (χ0n) is 21.0. The number of nitrogens with zero attached hydrogens (tertiary/aromatic N) is 3. The molecule has 1 N–H and O–H groups in total. The summed E-state index contributed by atoms with van der Waals surface area (Å²) in [4.78, 5) is 29.7. The van der Waals surface area contributed by atoms with Crippen LogP contribution in [0.25, 0.3) is 0 Å². The summed E-state index contributed by atoms with van der Waals surface area (Å²) in [5.74, 6) is 0.864. The molecule has 0 aromatic heterocycles. The molecule has 4 rings (SSSR count). The van der Waals surface area contributed by atoms with Gasteiger partial charge in [0.05, 0.1) is 31.8 Å². The highest BCUT2D eigenvalue weighted by atomic mass is 32.2. The Morgan fingerprint density at radius 1 is 0.946 bits per heavy atom. The summed E-state index contributed by atoms with van der Waals surface area (Å²) in [5, 5.41) is 2.82. The van der Waals surface area contributed by atoms with Crippen molar-refractivity contribution in [2.24, 2.45) is 0 Å². The van der Waals surface area contributed by atoms with Gasteiger partial charge in [0.15, 0.2) is 0 Å². The van der Waals surface area contributed by atoms with E-state index in [1.54, 1.807) is 41.3 Å². The number of ether oxygens (including phenoxy) is 3. The topological polar surface area (TPSA) is 118 Å². The molecule has 37 heavy (non-hydrogen) atoms. The van der Waals surface area contributed by atoms with Crippen LogP contribution in [-0.4, -0.2) is 100 Å². The van der Waals surface area contributed by atoms with Gasteiger partial charge in [0.1, 0.15) is 17.5 Å². The van der Waals surface area contributed by atoms with Crippen LogP contribution in [0.2, 0.25) is 0 Å². The predicted octanol–water partition coefficient (Wildman–Crippen LogP) is 1.86. The summed E-state index contributed by atoms with van der Waals surface area (Å²) in [6, 6.07) is 11.5. The number of methoxy groups -OCH3 is 1. The summed E-state index contributed by atoms with van der Waals surface area (Å²) in [5.41, 5.74) is 0.567. The molecule has 200 valence electrons. The molecular formula is C25H32N4O7S. The monoisotopic (exact) mass is 532 g/mol. The Hall–Kier alpha value is -3.35. The largest absolute Gasteiger partial charge is 0.497 e.